The fraction of sp³-hybridized carbons (Fsp3) is 0.500. The first-order valence-corrected chi connectivity index (χ1v) is 8.21. The first-order chi connectivity index (χ1) is 12.1. The molecule has 0 aromatic carbocycles. The van der Waals surface area contributed by atoms with Crippen LogP contribution in [0.25, 0.3) is 0 Å². The van der Waals surface area contributed by atoms with Crippen molar-refractivity contribution in [2.45, 2.75) is 19.4 Å². The van der Waals surface area contributed by atoms with Crippen molar-refractivity contribution in [3.63, 3.8) is 0 Å². The van der Waals surface area contributed by atoms with E-state index in [-0.39, 0.29) is 23.3 Å². The lowest BCUT2D eigenvalue weighted by atomic mass is 10.2. The molecule has 1 atom stereocenters. The summed E-state index contributed by atoms with van der Waals surface area (Å²) in [4.78, 5) is 25.9. The Morgan fingerprint density at radius 1 is 1.40 bits per heavy atom. The number of halogens is 1. The lowest BCUT2D eigenvalue weighted by Crippen LogP contribution is -2.46. The minimum atomic E-state index is -0.378. The number of aryl methyl sites for hydroxylation is 2. The van der Waals surface area contributed by atoms with Crippen LogP contribution in [-0.2, 0) is 18.2 Å². The van der Waals surface area contributed by atoms with E-state index in [0.29, 0.717) is 44.2 Å². The van der Waals surface area contributed by atoms with E-state index in [1.807, 2.05) is 11.8 Å². The van der Waals surface area contributed by atoms with Gasteiger partial charge in [0.05, 0.1) is 18.4 Å². The summed E-state index contributed by atoms with van der Waals surface area (Å²) in [6.07, 6.45) is 4.84. The van der Waals surface area contributed by atoms with E-state index in [0.717, 1.165) is 0 Å². The van der Waals surface area contributed by atoms with Crippen LogP contribution in [0.3, 0.4) is 0 Å². The lowest BCUT2D eigenvalue weighted by molar-refractivity contribution is 0.0486. The Kier molecular flexibility index (Phi) is 5.22. The van der Waals surface area contributed by atoms with Gasteiger partial charge in [0.25, 0.3) is 5.56 Å². The van der Waals surface area contributed by atoms with Crippen LogP contribution in [0.15, 0.2) is 23.5 Å². The molecule has 1 N–H and O–H groups in total. The number of rotatable bonds is 5. The Hall–Kier alpha value is -2.55. The Balaban J connectivity index is 1.67. The van der Waals surface area contributed by atoms with Crippen LogP contribution in [0.4, 0.5) is 16.0 Å². The number of hydrogen-bond acceptors (Lipinski definition) is 7. The molecule has 1 fully saturated rings. The first kappa shape index (κ1) is 17.3. The molecule has 2 aromatic heterocycles. The predicted octanol–water partition coefficient (Wildman–Crippen LogP) is 0.589. The maximum Gasteiger partial charge on any atom is 0.293 e. The van der Waals surface area contributed by atoms with E-state index >= 15 is 0 Å². The van der Waals surface area contributed by atoms with Gasteiger partial charge in [-0.05, 0) is 6.42 Å². The minimum Gasteiger partial charge on any atom is -0.373 e. The second kappa shape index (κ2) is 7.56. The molecule has 0 aliphatic carbocycles. The zero-order valence-corrected chi connectivity index (χ0v) is 14.3. The maximum absolute atomic E-state index is 14.5. The van der Waals surface area contributed by atoms with Gasteiger partial charge in [0.1, 0.15) is 6.33 Å². The Morgan fingerprint density at radius 2 is 2.24 bits per heavy atom. The number of nitrogens with one attached hydrogen (secondary N) is 1. The number of nitrogens with zero attached hydrogens (tertiary/aromatic N) is 5. The second-order valence-corrected chi connectivity index (χ2v) is 5.82. The molecule has 0 spiro atoms. The van der Waals surface area contributed by atoms with Crippen LogP contribution in [0.1, 0.15) is 12.6 Å². The standard InChI is InChI=1S/C16H21FN6O2/c1-3-12-13(17)15(21-10-20-12)23-6-7-25-11(9-23)8-19-14-16(24)22(2)5-4-18-14/h4-5,10-11H,3,6-9H2,1-2H3,(H,18,19)/t11-/m0/s1. The third-order valence-electron chi connectivity index (χ3n) is 4.13. The Labute approximate surface area is 144 Å². The summed E-state index contributed by atoms with van der Waals surface area (Å²) in [7, 11) is 1.66. The highest BCUT2D eigenvalue weighted by atomic mass is 19.1. The molecular formula is C16H21FN6O2. The van der Waals surface area contributed by atoms with Crippen molar-refractivity contribution in [3.8, 4) is 0 Å². The fourth-order valence-corrected chi connectivity index (χ4v) is 2.73. The fourth-order valence-electron chi connectivity index (χ4n) is 2.73. The first-order valence-electron chi connectivity index (χ1n) is 8.21. The van der Waals surface area contributed by atoms with E-state index < -0.39 is 0 Å². The predicted molar refractivity (Wildman–Crippen MR) is 91.3 cm³/mol. The number of ether oxygens (including phenoxy) is 1. The van der Waals surface area contributed by atoms with Crippen LogP contribution >= 0.6 is 0 Å². The molecule has 1 aliphatic heterocycles. The van der Waals surface area contributed by atoms with Gasteiger partial charge in [-0.2, -0.15) is 0 Å². The summed E-state index contributed by atoms with van der Waals surface area (Å²) in [6, 6.07) is 0. The number of aromatic nitrogens is 4. The molecule has 0 saturated carbocycles. The van der Waals surface area contributed by atoms with Gasteiger partial charge >= 0.3 is 0 Å². The molecule has 9 heteroatoms. The van der Waals surface area contributed by atoms with Crippen molar-refractivity contribution in [2.24, 2.45) is 7.05 Å². The molecule has 1 aliphatic rings. The summed E-state index contributed by atoms with van der Waals surface area (Å²) in [6.45, 7) is 3.73. The highest BCUT2D eigenvalue weighted by Crippen LogP contribution is 2.20. The summed E-state index contributed by atoms with van der Waals surface area (Å²) >= 11 is 0. The van der Waals surface area contributed by atoms with Crippen molar-refractivity contribution < 1.29 is 9.13 Å². The van der Waals surface area contributed by atoms with Gasteiger partial charge in [-0.1, -0.05) is 6.92 Å². The highest BCUT2D eigenvalue weighted by Gasteiger charge is 2.25. The Morgan fingerprint density at radius 3 is 3.04 bits per heavy atom. The van der Waals surface area contributed by atoms with E-state index in [2.05, 4.69) is 20.3 Å². The highest BCUT2D eigenvalue weighted by molar-refractivity contribution is 5.42. The Bertz CT molecular complexity index is 796. The molecule has 2 aromatic rings. The van der Waals surface area contributed by atoms with Crippen molar-refractivity contribution in [3.05, 3.63) is 40.6 Å². The largest absolute Gasteiger partial charge is 0.373 e. The maximum atomic E-state index is 14.5. The topological polar surface area (TPSA) is 85.2 Å². The molecule has 1 saturated heterocycles. The van der Waals surface area contributed by atoms with Gasteiger partial charge in [-0.15, -0.1) is 0 Å². The third kappa shape index (κ3) is 3.76. The van der Waals surface area contributed by atoms with Crippen LogP contribution in [0, 0.1) is 5.82 Å². The lowest BCUT2D eigenvalue weighted by Gasteiger charge is -2.34. The molecule has 3 rings (SSSR count). The van der Waals surface area contributed by atoms with E-state index in [1.54, 1.807) is 19.4 Å². The van der Waals surface area contributed by atoms with Crippen LogP contribution in [-0.4, -0.2) is 51.9 Å². The number of hydrogen-bond donors (Lipinski definition) is 1. The molecule has 8 nitrogen and oxygen atoms in total. The third-order valence-corrected chi connectivity index (χ3v) is 4.13. The zero-order chi connectivity index (χ0) is 17.8. The van der Waals surface area contributed by atoms with Gasteiger partial charge in [0, 0.05) is 39.1 Å². The van der Waals surface area contributed by atoms with Crippen LogP contribution in [0.2, 0.25) is 0 Å². The normalized spacial score (nSPS) is 17.6. The quantitative estimate of drug-likeness (QED) is 0.846. The number of morpholine rings is 1. The van der Waals surface area contributed by atoms with Crippen LogP contribution in [0.5, 0.6) is 0 Å². The zero-order valence-electron chi connectivity index (χ0n) is 14.3. The summed E-state index contributed by atoms with van der Waals surface area (Å²) in [5, 5.41) is 3.01. The van der Waals surface area contributed by atoms with Crippen molar-refractivity contribution in [2.75, 3.05) is 36.5 Å². The number of anilines is 2. The van der Waals surface area contributed by atoms with E-state index in [9.17, 15) is 9.18 Å². The second-order valence-electron chi connectivity index (χ2n) is 5.82. The molecule has 0 unspecified atom stereocenters. The van der Waals surface area contributed by atoms with Crippen molar-refractivity contribution in [1.29, 1.82) is 0 Å². The van der Waals surface area contributed by atoms with Crippen molar-refractivity contribution >= 4 is 11.6 Å². The van der Waals surface area contributed by atoms with E-state index in [4.69, 9.17) is 4.74 Å². The van der Waals surface area contributed by atoms with Crippen LogP contribution < -0.4 is 15.8 Å². The molecule has 0 bridgehead atoms. The molecule has 25 heavy (non-hydrogen) atoms. The molecule has 0 radical (unpaired) electrons. The average molecular weight is 348 g/mol. The van der Waals surface area contributed by atoms with E-state index in [1.165, 1.54) is 10.9 Å². The monoisotopic (exact) mass is 348 g/mol. The summed E-state index contributed by atoms with van der Waals surface area (Å²) in [5.41, 5.74) is 0.202. The van der Waals surface area contributed by atoms with Gasteiger partial charge in [0.2, 0.25) is 0 Å². The molecule has 134 valence electrons. The molecular weight excluding hydrogens is 327 g/mol. The van der Waals surface area contributed by atoms with Gasteiger partial charge in [-0.25, -0.2) is 19.3 Å². The minimum absolute atomic E-state index is 0.204. The van der Waals surface area contributed by atoms with Crippen molar-refractivity contribution in [1.82, 2.24) is 19.5 Å². The average Bonchev–Trinajstić information content (AvgIpc) is 2.63. The smallest absolute Gasteiger partial charge is 0.293 e. The summed E-state index contributed by atoms with van der Waals surface area (Å²) in [5.74, 6) is 0.193. The SMILES string of the molecule is CCc1ncnc(N2CCO[C@@H](CNc3nccn(C)c3=O)C2)c1F. The van der Waals surface area contributed by atoms with Gasteiger partial charge in [-0.3, -0.25) is 4.79 Å². The van der Waals surface area contributed by atoms with Gasteiger partial charge < -0.3 is 19.5 Å². The molecule has 3 heterocycles. The molecule has 0 amide bonds. The van der Waals surface area contributed by atoms with Gasteiger partial charge in [0.15, 0.2) is 17.5 Å². The summed E-state index contributed by atoms with van der Waals surface area (Å²) < 4.78 is 21.6.